The molecular formula is C13H27ClN2Si3. The van der Waals surface area contributed by atoms with Gasteiger partial charge in [-0.1, -0.05) is 51.9 Å². The normalized spacial score (nSPS) is 14.0. The predicted molar refractivity (Wildman–Crippen MR) is 95.4 cm³/mol. The predicted octanol–water partition coefficient (Wildman–Crippen LogP) is 2.91. The molecule has 0 aliphatic heterocycles. The van der Waals surface area contributed by atoms with Crippen LogP contribution in [0.4, 0.5) is 0 Å². The number of rotatable bonds is 4. The molecule has 1 aromatic heterocycles. The summed E-state index contributed by atoms with van der Waals surface area (Å²) in [6, 6.07) is 4.21. The van der Waals surface area contributed by atoms with Crippen LogP contribution in [0.15, 0.2) is 18.3 Å². The Labute approximate surface area is 126 Å². The van der Waals surface area contributed by atoms with Crippen LogP contribution in [0.25, 0.3) is 0 Å². The molecule has 0 bridgehead atoms. The highest BCUT2D eigenvalue weighted by atomic mass is 35.6. The molecule has 1 rings (SSSR count). The van der Waals surface area contributed by atoms with E-state index in [2.05, 4.69) is 63.2 Å². The largest absolute Gasteiger partial charge is 0.344 e. The van der Waals surface area contributed by atoms with Gasteiger partial charge in [0.15, 0.2) is 15.6 Å². The smallest absolute Gasteiger partial charge is 0.182 e. The van der Waals surface area contributed by atoms with Gasteiger partial charge in [-0.15, -0.1) is 0 Å². The number of nitrogens with zero attached hydrogens (tertiary/aromatic N) is 2. The maximum Gasteiger partial charge on any atom is 0.182 e. The summed E-state index contributed by atoms with van der Waals surface area (Å²) in [5.74, 6) is 0. The summed E-state index contributed by atoms with van der Waals surface area (Å²) in [6.07, 6.45) is 1.92. The lowest BCUT2D eigenvalue weighted by Crippen LogP contribution is -2.70. The molecule has 0 aromatic carbocycles. The van der Waals surface area contributed by atoms with E-state index < -0.39 is 23.9 Å². The van der Waals surface area contributed by atoms with Crippen LogP contribution in [-0.2, 0) is 0 Å². The number of hydrogen-bond acceptors (Lipinski definition) is 2. The number of aromatic nitrogens is 1. The molecule has 6 heteroatoms. The van der Waals surface area contributed by atoms with Crippen molar-refractivity contribution in [2.45, 2.75) is 45.8 Å². The fraction of sp³-hybridized carbons (Fsp3) is 0.615. The summed E-state index contributed by atoms with van der Waals surface area (Å²) < 4.78 is 2.64. The maximum absolute atomic E-state index is 6.70. The van der Waals surface area contributed by atoms with Gasteiger partial charge in [0.25, 0.3) is 0 Å². The molecule has 0 saturated heterocycles. The van der Waals surface area contributed by atoms with E-state index in [0.717, 1.165) is 0 Å². The molecule has 0 atom stereocenters. The standard InChI is InChI=1S/C13H27ClN2Si3/c1-16(17(2,3)4)19(7,8)13-12(18(5,6)14)10-9-11-15-13/h9-11H,1-8H3. The van der Waals surface area contributed by atoms with Gasteiger partial charge in [0.2, 0.25) is 0 Å². The van der Waals surface area contributed by atoms with Gasteiger partial charge in [-0.05, 0) is 18.3 Å². The van der Waals surface area contributed by atoms with E-state index in [1.165, 1.54) is 10.5 Å². The van der Waals surface area contributed by atoms with E-state index >= 15 is 0 Å². The SMILES string of the molecule is CN([Si](C)(C)C)[Si](C)(C)c1ncccc1[Si](C)(C)Cl. The molecule has 0 saturated carbocycles. The van der Waals surface area contributed by atoms with Gasteiger partial charge in [0.05, 0.1) is 0 Å². The second kappa shape index (κ2) is 5.44. The summed E-state index contributed by atoms with van der Waals surface area (Å²) in [7, 11) is -2.65. The molecule has 0 N–H and O–H groups in total. The van der Waals surface area contributed by atoms with Crippen LogP contribution in [0, 0.1) is 0 Å². The Balaban J connectivity index is 3.38. The number of hydrogen-bond donors (Lipinski definition) is 0. The Morgan fingerprint density at radius 1 is 1.05 bits per heavy atom. The number of halogens is 1. The highest BCUT2D eigenvalue weighted by Crippen LogP contribution is 2.18. The third kappa shape index (κ3) is 3.79. The van der Waals surface area contributed by atoms with Crippen molar-refractivity contribution in [3.8, 4) is 0 Å². The van der Waals surface area contributed by atoms with E-state index in [4.69, 9.17) is 16.1 Å². The zero-order valence-corrected chi connectivity index (χ0v) is 17.3. The van der Waals surface area contributed by atoms with Crippen molar-refractivity contribution in [2.75, 3.05) is 7.05 Å². The fourth-order valence-electron chi connectivity index (χ4n) is 2.37. The molecule has 1 heterocycles. The molecular weight excluding hydrogens is 304 g/mol. The average molecular weight is 331 g/mol. The lowest BCUT2D eigenvalue weighted by molar-refractivity contribution is 0.764. The monoisotopic (exact) mass is 330 g/mol. The summed E-state index contributed by atoms with van der Waals surface area (Å²) in [4.78, 5) is 4.74. The van der Waals surface area contributed by atoms with E-state index in [1.54, 1.807) is 0 Å². The second-order valence-corrected chi connectivity index (χ2v) is 23.2. The second-order valence-electron chi connectivity index (χ2n) is 7.16. The molecule has 0 fully saturated rings. The third-order valence-corrected chi connectivity index (χ3v) is 15.4. The molecule has 0 aliphatic carbocycles. The molecule has 0 unspecified atom stereocenters. The molecule has 2 nitrogen and oxygen atoms in total. The first kappa shape index (κ1) is 17.1. The molecule has 1 aromatic rings. The molecule has 19 heavy (non-hydrogen) atoms. The van der Waals surface area contributed by atoms with Crippen molar-refractivity contribution in [3.63, 3.8) is 0 Å². The van der Waals surface area contributed by atoms with Crippen molar-refractivity contribution in [3.05, 3.63) is 18.3 Å². The van der Waals surface area contributed by atoms with Crippen LogP contribution in [0.1, 0.15) is 0 Å². The lowest BCUT2D eigenvalue weighted by Gasteiger charge is -2.43. The molecule has 108 valence electrons. The Bertz CT molecular complexity index is 450. The Morgan fingerprint density at radius 3 is 2.00 bits per heavy atom. The van der Waals surface area contributed by atoms with Crippen molar-refractivity contribution in [2.24, 2.45) is 0 Å². The van der Waals surface area contributed by atoms with Crippen LogP contribution >= 0.6 is 11.1 Å². The quantitative estimate of drug-likeness (QED) is 0.623. The van der Waals surface area contributed by atoms with Crippen LogP contribution < -0.4 is 10.5 Å². The van der Waals surface area contributed by atoms with Gasteiger partial charge in [-0.3, -0.25) is 4.98 Å². The van der Waals surface area contributed by atoms with Gasteiger partial charge < -0.3 is 4.23 Å². The summed E-state index contributed by atoms with van der Waals surface area (Å²) in [6.45, 7) is 16.4. The van der Waals surface area contributed by atoms with Gasteiger partial charge in [-0.2, -0.15) is 11.1 Å². The van der Waals surface area contributed by atoms with E-state index in [-0.39, 0.29) is 0 Å². The van der Waals surface area contributed by atoms with Crippen molar-refractivity contribution < 1.29 is 0 Å². The van der Waals surface area contributed by atoms with Crippen molar-refractivity contribution in [1.82, 2.24) is 9.22 Å². The highest BCUT2D eigenvalue weighted by Gasteiger charge is 2.41. The zero-order valence-electron chi connectivity index (χ0n) is 13.5. The number of pyridine rings is 1. The lowest BCUT2D eigenvalue weighted by atomic mass is 10.5. The van der Waals surface area contributed by atoms with E-state index in [0.29, 0.717) is 0 Å². The minimum Gasteiger partial charge on any atom is -0.344 e. The van der Waals surface area contributed by atoms with Crippen LogP contribution in [0.2, 0.25) is 45.8 Å². The molecule has 0 aliphatic rings. The minimum absolute atomic E-state index is 1.28. The van der Waals surface area contributed by atoms with Crippen molar-refractivity contribution in [1.29, 1.82) is 0 Å². The summed E-state index contributed by atoms with van der Waals surface area (Å²) >= 11 is 6.70. The van der Waals surface area contributed by atoms with Gasteiger partial charge in [0, 0.05) is 11.5 Å². The van der Waals surface area contributed by atoms with E-state index in [9.17, 15) is 0 Å². The highest BCUT2D eigenvalue weighted by molar-refractivity contribution is 7.27. The van der Waals surface area contributed by atoms with Gasteiger partial charge in [0.1, 0.15) is 8.24 Å². The minimum atomic E-state index is -1.86. The molecule has 0 radical (unpaired) electrons. The fourth-order valence-corrected chi connectivity index (χ4v) is 14.5. The molecule has 0 amide bonds. The topological polar surface area (TPSA) is 16.1 Å². The molecule has 0 spiro atoms. The first-order valence-electron chi connectivity index (χ1n) is 6.77. The maximum atomic E-state index is 6.70. The Hall–Kier alpha value is 0.0506. The van der Waals surface area contributed by atoms with Crippen molar-refractivity contribution >= 4 is 45.4 Å². The first-order chi connectivity index (χ1) is 8.38. The van der Waals surface area contributed by atoms with E-state index in [1.807, 2.05) is 12.3 Å². The first-order valence-corrected chi connectivity index (χ1v) is 17.2. The van der Waals surface area contributed by atoms with Gasteiger partial charge in [-0.25, -0.2) is 0 Å². The zero-order chi connectivity index (χ0) is 15.1. The Morgan fingerprint density at radius 2 is 1.58 bits per heavy atom. The third-order valence-electron chi connectivity index (χ3n) is 3.87. The van der Waals surface area contributed by atoms with Crippen LogP contribution in [0.3, 0.4) is 0 Å². The van der Waals surface area contributed by atoms with Gasteiger partial charge >= 0.3 is 0 Å². The summed E-state index contributed by atoms with van der Waals surface area (Å²) in [5, 5.41) is 2.60. The average Bonchev–Trinajstić information content (AvgIpc) is 2.25. The summed E-state index contributed by atoms with van der Waals surface area (Å²) in [5.41, 5.74) is 0. The van der Waals surface area contributed by atoms with Crippen LogP contribution in [0.5, 0.6) is 0 Å². The van der Waals surface area contributed by atoms with Crippen LogP contribution in [-0.4, -0.2) is 40.1 Å². The Kier molecular flexibility index (Phi) is 4.90.